The fourth-order valence-corrected chi connectivity index (χ4v) is 0. The first-order chi connectivity index (χ1) is 2.27. The van der Waals surface area contributed by atoms with Gasteiger partial charge in [-0.05, 0) is 0 Å². The van der Waals surface area contributed by atoms with Gasteiger partial charge in [0.2, 0.25) is 0 Å². The number of nitrogens with one attached hydrogen (secondary N) is 1. The number of rotatable bonds is 1. The Labute approximate surface area is 40.9 Å². The number of hydrogen-bond acceptors (Lipinski definition) is 1. The van der Waals surface area contributed by atoms with Gasteiger partial charge in [-0.3, -0.25) is 5.41 Å². The highest BCUT2D eigenvalue weighted by molar-refractivity contribution is 6.27. The fraction of sp³-hybridized carbons (Fsp3) is 0.500. The van der Waals surface area contributed by atoms with E-state index in [9.17, 15) is 0 Å². The van der Waals surface area contributed by atoms with Gasteiger partial charge in [0, 0.05) is 0 Å². The van der Waals surface area contributed by atoms with Gasteiger partial charge in [0.1, 0.15) is 5.84 Å². The summed E-state index contributed by atoms with van der Waals surface area (Å²) in [6.45, 7) is 0. The van der Waals surface area contributed by atoms with Crippen molar-refractivity contribution in [3.8, 4) is 0 Å². The maximum atomic E-state index is 6.39. The first kappa shape index (κ1) is 9.21. The third kappa shape index (κ3) is 9.30. The fourth-order valence-electron chi connectivity index (χ4n) is 0. The first-order valence-electron chi connectivity index (χ1n) is 1.16. The molecule has 38 valence electrons. The predicted molar refractivity (Wildman–Crippen MR) is 26.2 cm³/mol. The van der Waals surface area contributed by atoms with Crippen LogP contribution < -0.4 is 5.73 Å². The van der Waals surface area contributed by atoms with Crippen LogP contribution in [0.15, 0.2) is 0 Å². The smallest absolute Gasteiger partial charge is 0.106 e. The number of amidine groups is 1. The summed E-state index contributed by atoms with van der Waals surface area (Å²) < 4.78 is 0. The van der Waals surface area contributed by atoms with Crippen molar-refractivity contribution >= 4 is 17.4 Å². The molecule has 0 spiro atoms. The topological polar surface area (TPSA) is 81.4 Å². The molecule has 0 atom stereocenters. The normalized spacial score (nSPS) is 6.17. The summed E-state index contributed by atoms with van der Waals surface area (Å²) in [7, 11) is 0. The minimum atomic E-state index is 0. The van der Waals surface area contributed by atoms with Crippen molar-refractivity contribution in [1.82, 2.24) is 0 Å². The Hall–Kier alpha value is -0.280. The molecule has 0 heterocycles. The van der Waals surface area contributed by atoms with Gasteiger partial charge in [0.25, 0.3) is 0 Å². The van der Waals surface area contributed by atoms with Gasteiger partial charge in [-0.15, -0.1) is 11.6 Å². The minimum Gasteiger partial charge on any atom is -0.412 e. The van der Waals surface area contributed by atoms with Crippen molar-refractivity contribution in [3.05, 3.63) is 0 Å². The molecule has 0 amide bonds. The highest BCUT2D eigenvalue weighted by Crippen LogP contribution is 1.65. The maximum Gasteiger partial charge on any atom is 0.106 e. The largest absolute Gasteiger partial charge is 0.412 e. The number of alkyl halides is 1. The van der Waals surface area contributed by atoms with Crippen LogP contribution in [0.3, 0.4) is 0 Å². The summed E-state index contributed by atoms with van der Waals surface area (Å²) in [6.07, 6.45) is 0. The summed E-state index contributed by atoms with van der Waals surface area (Å²) in [5, 5.41) is 6.39. The van der Waals surface area contributed by atoms with E-state index in [4.69, 9.17) is 22.7 Å². The van der Waals surface area contributed by atoms with Gasteiger partial charge < -0.3 is 11.2 Å². The first-order valence-corrected chi connectivity index (χ1v) is 1.69. The van der Waals surface area contributed by atoms with E-state index in [1.807, 2.05) is 0 Å². The third-order valence-corrected chi connectivity index (χ3v) is 0.432. The lowest BCUT2D eigenvalue weighted by Crippen LogP contribution is -2.09. The van der Waals surface area contributed by atoms with Crippen molar-refractivity contribution in [1.29, 1.82) is 5.41 Å². The molecule has 0 aliphatic rings. The van der Waals surface area contributed by atoms with Gasteiger partial charge in [-0.1, -0.05) is 0 Å². The average molecular weight is 111 g/mol. The molecule has 0 aromatic rings. The van der Waals surface area contributed by atoms with E-state index in [1.165, 1.54) is 0 Å². The van der Waals surface area contributed by atoms with Crippen LogP contribution in [0.25, 0.3) is 0 Å². The zero-order valence-corrected chi connectivity index (χ0v) is 3.92. The molecule has 0 saturated carbocycles. The van der Waals surface area contributed by atoms with Crippen molar-refractivity contribution in [2.24, 2.45) is 5.73 Å². The Balaban J connectivity index is 0. The molecule has 0 aromatic heterocycles. The second-order valence-corrected chi connectivity index (χ2v) is 0.926. The minimum absolute atomic E-state index is 0. The summed E-state index contributed by atoms with van der Waals surface area (Å²) in [6, 6.07) is 0. The summed E-state index contributed by atoms with van der Waals surface area (Å²) in [5.41, 5.74) is 4.74. The van der Waals surface area contributed by atoms with E-state index >= 15 is 0 Å². The van der Waals surface area contributed by atoms with E-state index in [0.29, 0.717) is 0 Å². The lowest BCUT2D eigenvalue weighted by Gasteiger charge is -1.76. The summed E-state index contributed by atoms with van der Waals surface area (Å²) in [4.78, 5) is 0. The van der Waals surface area contributed by atoms with Crippen LogP contribution in [0.4, 0.5) is 0 Å². The zero-order chi connectivity index (χ0) is 4.28. The second-order valence-electron chi connectivity index (χ2n) is 0.659. The number of halogens is 1. The maximum absolute atomic E-state index is 6.39. The zero-order valence-electron chi connectivity index (χ0n) is 3.16. The summed E-state index contributed by atoms with van der Waals surface area (Å²) in [5.74, 6) is 0.159. The number of nitrogens with two attached hydrogens (primary N) is 1. The molecular weight excluding hydrogens is 103 g/mol. The van der Waals surface area contributed by atoms with Crippen LogP contribution in [0.5, 0.6) is 0 Å². The second kappa shape index (κ2) is 4.72. The molecule has 0 aliphatic carbocycles. The standard InChI is InChI=1S/C2H5ClN2.H2O/c3-1-2(4)5;/h1H2,(H3,4,5);1H2. The highest BCUT2D eigenvalue weighted by atomic mass is 35.5. The highest BCUT2D eigenvalue weighted by Gasteiger charge is 1.73. The Morgan fingerprint density at radius 3 is 2.00 bits per heavy atom. The molecule has 0 radical (unpaired) electrons. The van der Waals surface area contributed by atoms with E-state index in [-0.39, 0.29) is 17.2 Å². The van der Waals surface area contributed by atoms with Crippen LogP contribution in [-0.4, -0.2) is 17.2 Å². The van der Waals surface area contributed by atoms with Crippen LogP contribution in [-0.2, 0) is 0 Å². The van der Waals surface area contributed by atoms with Crippen molar-refractivity contribution in [2.75, 3.05) is 5.88 Å². The summed E-state index contributed by atoms with van der Waals surface area (Å²) >= 11 is 4.99. The van der Waals surface area contributed by atoms with Crippen LogP contribution in [0.2, 0.25) is 0 Å². The Kier molecular flexibility index (Phi) is 7.24. The van der Waals surface area contributed by atoms with Gasteiger partial charge in [0.05, 0.1) is 5.88 Å². The molecule has 0 aliphatic heterocycles. The molecule has 6 heavy (non-hydrogen) atoms. The lowest BCUT2D eigenvalue weighted by molar-refractivity contribution is 0.824. The van der Waals surface area contributed by atoms with E-state index in [1.54, 1.807) is 0 Å². The molecule has 3 nitrogen and oxygen atoms in total. The Morgan fingerprint density at radius 2 is 2.00 bits per heavy atom. The van der Waals surface area contributed by atoms with Gasteiger partial charge >= 0.3 is 0 Å². The molecular formula is C2H7ClN2O. The molecule has 5 N–H and O–H groups in total. The van der Waals surface area contributed by atoms with Crippen LogP contribution >= 0.6 is 11.6 Å². The van der Waals surface area contributed by atoms with Crippen LogP contribution in [0.1, 0.15) is 0 Å². The van der Waals surface area contributed by atoms with Crippen molar-refractivity contribution in [2.45, 2.75) is 0 Å². The Morgan fingerprint density at radius 1 is 1.83 bits per heavy atom. The molecule has 0 fully saturated rings. The quantitative estimate of drug-likeness (QED) is 0.262. The van der Waals surface area contributed by atoms with Crippen molar-refractivity contribution in [3.63, 3.8) is 0 Å². The van der Waals surface area contributed by atoms with Gasteiger partial charge in [-0.25, -0.2) is 0 Å². The average Bonchev–Trinajstić information content (AvgIpc) is 1.38. The monoisotopic (exact) mass is 110 g/mol. The number of hydrogen-bond donors (Lipinski definition) is 2. The van der Waals surface area contributed by atoms with E-state index in [0.717, 1.165) is 0 Å². The SMILES string of the molecule is N=C(N)CCl.O. The van der Waals surface area contributed by atoms with Gasteiger partial charge in [0.15, 0.2) is 0 Å². The van der Waals surface area contributed by atoms with Crippen LogP contribution in [0, 0.1) is 5.41 Å². The van der Waals surface area contributed by atoms with E-state index in [2.05, 4.69) is 0 Å². The van der Waals surface area contributed by atoms with Crippen molar-refractivity contribution < 1.29 is 5.48 Å². The lowest BCUT2D eigenvalue weighted by atomic mass is 10.7. The molecule has 4 heteroatoms. The third-order valence-electron chi connectivity index (χ3n) is 0.144. The molecule has 0 aromatic carbocycles. The molecule has 0 bridgehead atoms. The molecule has 0 saturated heterocycles. The van der Waals surface area contributed by atoms with E-state index < -0.39 is 0 Å². The van der Waals surface area contributed by atoms with Gasteiger partial charge in [-0.2, -0.15) is 0 Å². The molecule has 0 unspecified atom stereocenters. The molecule has 0 rings (SSSR count). The predicted octanol–water partition coefficient (Wildman–Crippen LogP) is -0.664. The Bertz CT molecular complexity index is 46.8.